The zero-order valence-corrected chi connectivity index (χ0v) is 13.7. The lowest BCUT2D eigenvalue weighted by Crippen LogP contribution is -2.44. The third-order valence-corrected chi connectivity index (χ3v) is 4.41. The quantitative estimate of drug-likeness (QED) is 0.841. The van der Waals surface area contributed by atoms with E-state index in [-0.39, 0.29) is 6.54 Å². The first-order chi connectivity index (χ1) is 10.5. The highest BCUT2D eigenvalue weighted by Crippen LogP contribution is 2.20. The summed E-state index contributed by atoms with van der Waals surface area (Å²) in [6.07, 6.45) is 2.31. The summed E-state index contributed by atoms with van der Waals surface area (Å²) < 4.78 is 0. The molecule has 0 bridgehead atoms. The van der Waals surface area contributed by atoms with Crippen molar-refractivity contribution >= 4 is 5.97 Å². The number of carbonyl (C=O) groups is 1. The highest BCUT2D eigenvalue weighted by Gasteiger charge is 2.24. The molecular formula is C18H28N2O2. The van der Waals surface area contributed by atoms with Crippen LogP contribution in [0.15, 0.2) is 30.3 Å². The van der Waals surface area contributed by atoms with Crippen LogP contribution in [0.4, 0.5) is 0 Å². The molecule has 1 aliphatic rings. The number of benzene rings is 1. The standard InChI is InChI=1S/C18H28N2O2/c1-15(2)20(12-16-7-4-3-5-8-16)13-17-9-6-10-19(11-17)14-18(21)22/h3-5,7-8,15,17H,6,9-14H2,1-2H3,(H,21,22). The van der Waals surface area contributed by atoms with Crippen molar-refractivity contribution in [3.63, 3.8) is 0 Å². The summed E-state index contributed by atoms with van der Waals surface area (Å²) >= 11 is 0. The number of aliphatic carboxylic acids is 1. The average molecular weight is 304 g/mol. The summed E-state index contributed by atoms with van der Waals surface area (Å²) in [7, 11) is 0. The van der Waals surface area contributed by atoms with Crippen LogP contribution in [0.1, 0.15) is 32.3 Å². The summed E-state index contributed by atoms with van der Waals surface area (Å²) in [6, 6.07) is 11.1. The number of likely N-dealkylation sites (tertiary alicyclic amines) is 1. The Morgan fingerprint density at radius 2 is 2.09 bits per heavy atom. The summed E-state index contributed by atoms with van der Waals surface area (Å²) in [5, 5.41) is 8.96. The van der Waals surface area contributed by atoms with Gasteiger partial charge in [0.15, 0.2) is 0 Å². The summed E-state index contributed by atoms with van der Waals surface area (Å²) in [5.41, 5.74) is 1.34. The molecule has 1 aliphatic heterocycles. The van der Waals surface area contributed by atoms with Gasteiger partial charge in [0.1, 0.15) is 0 Å². The van der Waals surface area contributed by atoms with Crippen molar-refractivity contribution in [3.05, 3.63) is 35.9 Å². The maximum absolute atomic E-state index is 10.9. The van der Waals surface area contributed by atoms with Crippen LogP contribution in [0.5, 0.6) is 0 Å². The van der Waals surface area contributed by atoms with Crippen molar-refractivity contribution in [2.75, 3.05) is 26.2 Å². The minimum Gasteiger partial charge on any atom is -0.480 e. The molecule has 1 saturated heterocycles. The molecule has 0 aromatic heterocycles. The predicted octanol–water partition coefficient (Wildman–Crippen LogP) is 2.69. The minimum absolute atomic E-state index is 0.177. The molecule has 1 N–H and O–H groups in total. The van der Waals surface area contributed by atoms with E-state index in [1.165, 1.54) is 12.0 Å². The van der Waals surface area contributed by atoms with E-state index in [0.29, 0.717) is 12.0 Å². The molecule has 122 valence electrons. The lowest BCUT2D eigenvalue weighted by molar-refractivity contribution is -0.138. The van der Waals surface area contributed by atoms with Gasteiger partial charge in [-0.25, -0.2) is 0 Å². The number of carboxylic acid groups (broad SMARTS) is 1. The first kappa shape index (κ1) is 17.0. The van der Waals surface area contributed by atoms with E-state index < -0.39 is 5.97 Å². The van der Waals surface area contributed by atoms with Crippen LogP contribution in [0.3, 0.4) is 0 Å². The largest absolute Gasteiger partial charge is 0.480 e. The van der Waals surface area contributed by atoms with Crippen LogP contribution < -0.4 is 0 Å². The van der Waals surface area contributed by atoms with E-state index in [1.807, 2.05) is 6.07 Å². The second kappa shape index (κ2) is 8.30. The molecule has 0 amide bonds. The van der Waals surface area contributed by atoms with E-state index in [1.54, 1.807) is 0 Å². The fourth-order valence-corrected chi connectivity index (χ4v) is 3.24. The van der Waals surface area contributed by atoms with Gasteiger partial charge in [-0.3, -0.25) is 14.6 Å². The number of hydrogen-bond acceptors (Lipinski definition) is 3. The van der Waals surface area contributed by atoms with E-state index in [9.17, 15) is 4.79 Å². The van der Waals surface area contributed by atoms with Crippen LogP contribution in [-0.4, -0.2) is 53.1 Å². The minimum atomic E-state index is -0.717. The van der Waals surface area contributed by atoms with E-state index >= 15 is 0 Å². The Bertz CT molecular complexity index is 461. The van der Waals surface area contributed by atoms with Crippen molar-refractivity contribution in [1.82, 2.24) is 9.80 Å². The van der Waals surface area contributed by atoms with Crippen molar-refractivity contribution in [2.45, 2.75) is 39.3 Å². The molecule has 2 rings (SSSR count). The Morgan fingerprint density at radius 1 is 1.36 bits per heavy atom. The lowest BCUT2D eigenvalue weighted by atomic mass is 9.96. The molecule has 1 fully saturated rings. The zero-order chi connectivity index (χ0) is 15.9. The van der Waals surface area contributed by atoms with Crippen molar-refractivity contribution in [2.24, 2.45) is 5.92 Å². The van der Waals surface area contributed by atoms with Crippen LogP contribution >= 0.6 is 0 Å². The van der Waals surface area contributed by atoms with Gasteiger partial charge < -0.3 is 5.11 Å². The third-order valence-electron chi connectivity index (χ3n) is 4.41. The highest BCUT2D eigenvalue weighted by molar-refractivity contribution is 5.69. The second-order valence-corrected chi connectivity index (χ2v) is 6.65. The molecule has 4 nitrogen and oxygen atoms in total. The fourth-order valence-electron chi connectivity index (χ4n) is 3.24. The Kier molecular flexibility index (Phi) is 6.40. The van der Waals surface area contributed by atoms with Gasteiger partial charge in [0.05, 0.1) is 6.54 Å². The molecule has 1 aromatic carbocycles. The van der Waals surface area contributed by atoms with Gasteiger partial charge in [0.25, 0.3) is 0 Å². The molecule has 1 aromatic rings. The summed E-state index contributed by atoms with van der Waals surface area (Å²) in [4.78, 5) is 15.5. The predicted molar refractivity (Wildman–Crippen MR) is 88.8 cm³/mol. The Morgan fingerprint density at radius 3 is 2.73 bits per heavy atom. The smallest absolute Gasteiger partial charge is 0.317 e. The maximum Gasteiger partial charge on any atom is 0.317 e. The van der Waals surface area contributed by atoms with Gasteiger partial charge >= 0.3 is 5.97 Å². The maximum atomic E-state index is 10.9. The number of hydrogen-bond donors (Lipinski definition) is 1. The first-order valence-electron chi connectivity index (χ1n) is 8.26. The van der Waals surface area contributed by atoms with Crippen LogP contribution in [0.25, 0.3) is 0 Å². The van der Waals surface area contributed by atoms with Crippen LogP contribution in [-0.2, 0) is 11.3 Å². The topological polar surface area (TPSA) is 43.8 Å². The van der Waals surface area contributed by atoms with Gasteiger partial charge in [-0.15, -0.1) is 0 Å². The average Bonchev–Trinajstić information content (AvgIpc) is 2.47. The van der Waals surface area contributed by atoms with Crippen molar-refractivity contribution in [1.29, 1.82) is 0 Å². The molecule has 0 aliphatic carbocycles. The molecule has 22 heavy (non-hydrogen) atoms. The fraction of sp³-hybridized carbons (Fsp3) is 0.611. The summed E-state index contributed by atoms with van der Waals surface area (Å²) in [5.74, 6) is -0.148. The Balaban J connectivity index is 1.91. The molecule has 4 heteroatoms. The highest BCUT2D eigenvalue weighted by atomic mass is 16.4. The number of piperidine rings is 1. The van der Waals surface area contributed by atoms with E-state index in [2.05, 4.69) is 47.9 Å². The zero-order valence-electron chi connectivity index (χ0n) is 13.7. The van der Waals surface area contributed by atoms with Crippen LogP contribution in [0, 0.1) is 5.92 Å². The Labute approximate surface area is 133 Å². The number of rotatable bonds is 7. The van der Waals surface area contributed by atoms with E-state index in [0.717, 1.165) is 32.6 Å². The van der Waals surface area contributed by atoms with Gasteiger partial charge in [-0.05, 0) is 44.7 Å². The molecule has 1 heterocycles. The van der Waals surface area contributed by atoms with Gasteiger partial charge in [-0.1, -0.05) is 30.3 Å². The third kappa shape index (κ3) is 5.43. The molecule has 1 atom stereocenters. The van der Waals surface area contributed by atoms with Gasteiger partial charge in [0.2, 0.25) is 0 Å². The molecule has 0 saturated carbocycles. The number of nitrogens with zero attached hydrogens (tertiary/aromatic N) is 2. The molecule has 0 spiro atoms. The SMILES string of the molecule is CC(C)N(Cc1ccccc1)CC1CCCN(CC(=O)O)C1. The normalized spacial score (nSPS) is 19.7. The van der Waals surface area contributed by atoms with Crippen molar-refractivity contribution < 1.29 is 9.90 Å². The second-order valence-electron chi connectivity index (χ2n) is 6.65. The Hall–Kier alpha value is -1.39. The van der Waals surface area contributed by atoms with Gasteiger partial charge in [0, 0.05) is 25.7 Å². The molecular weight excluding hydrogens is 276 g/mol. The van der Waals surface area contributed by atoms with Crippen LogP contribution in [0.2, 0.25) is 0 Å². The molecule has 1 unspecified atom stereocenters. The molecule has 0 radical (unpaired) electrons. The van der Waals surface area contributed by atoms with E-state index in [4.69, 9.17) is 5.11 Å². The van der Waals surface area contributed by atoms with Gasteiger partial charge in [-0.2, -0.15) is 0 Å². The monoisotopic (exact) mass is 304 g/mol. The first-order valence-corrected chi connectivity index (χ1v) is 8.26. The number of carboxylic acids is 1. The summed E-state index contributed by atoms with van der Waals surface area (Å²) in [6.45, 7) is 8.49. The van der Waals surface area contributed by atoms with Crippen molar-refractivity contribution in [3.8, 4) is 0 Å². The lowest BCUT2D eigenvalue weighted by Gasteiger charge is -2.36.